The van der Waals surface area contributed by atoms with Crippen LogP contribution in [0.3, 0.4) is 0 Å². The number of carbonyl (C=O) groups excluding carboxylic acids is 1. The maximum Gasteiger partial charge on any atom is 0.271 e. The first-order chi connectivity index (χ1) is 9.56. The first-order valence-electron chi connectivity index (χ1n) is 5.91. The molecule has 0 fully saturated rings. The first-order valence-corrected chi connectivity index (χ1v) is 6.67. The van der Waals surface area contributed by atoms with Gasteiger partial charge in [-0.3, -0.25) is 4.79 Å². The van der Waals surface area contributed by atoms with Crippen molar-refractivity contribution in [3.63, 3.8) is 0 Å². The fourth-order valence-corrected chi connectivity index (χ4v) is 2.07. The zero-order valence-corrected chi connectivity index (χ0v) is 12.2. The molecule has 1 N–H and O–H groups in total. The summed E-state index contributed by atoms with van der Waals surface area (Å²) in [5.74, 6) is -0.268. The van der Waals surface area contributed by atoms with E-state index in [4.69, 9.17) is 23.2 Å². The Balaban J connectivity index is 2.04. The third-order valence-corrected chi connectivity index (χ3v) is 3.17. The molecule has 3 nitrogen and oxygen atoms in total. The van der Waals surface area contributed by atoms with Crippen LogP contribution < -0.4 is 5.43 Å². The van der Waals surface area contributed by atoms with Crippen molar-refractivity contribution in [3.8, 4) is 0 Å². The second kappa shape index (κ2) is 6.55. The summed E-state index contributed by atoms with van der Waals surface area (Å²) in [6.45, 7) is 1.92. The highest BCUT2D eigenvalue weighted by molar-refractivity contribution is 6.36. The van der Waals surface area contributed by atoms with E-state index >= 15 is 0 Å². The van der Waals surface area contributed by atoms with E-state index in [0.717, 1.165) is 5.56 Å². The fraction of sp³-hybridized carbons (Fsp3) is 0.0667. The third-order valence-electron chi connectivity index (χ3n) is 2.61. The number of hydrogen-bond donors (Lipinski definition) is 1. The molecule has 20 heavy (non-hydrogen) atoms. The highest BCUT2D eigenvalue weighted by atomic mass is 35.5. The van der Waals surface area contributed by atoms with Crippen LogP contribution in [0.4, 0.5) is 0 Å². The van der Waals surface area contributed by atoms with Gasteiger partial charge in [-0.2, -0.15) is 5.10 Å². The molecule has 0 aromatic heterocycles. The van der Waals surface area contributed by atoms with Crippen LogP contribution in [0.25, 0.3) is 0 Å². The molecule has 0 radical (unpaired) electrons. The highest BCUT2D eigenvalue weighted by Gasteiger charge is 2.03. The lowest BCUT2D eigenvalue weighted by Crippen LogP contribution is -2.17. The molecule has 0 atom stereocenters. The van der Waals surface area contributed by atoms with Gasteiger partial charge in [0.1, 0.15) is 0 Å². The number of hydrogen-bond acceptors (Lipinski definition) is 2. The van der Waals surface area contributed by atoms with Crippen LogP contribution >= 0.6 is 23.2 Å². The number of rotatable bonds is 3. The highest BCUT2D eigenvalue weighted by Crippen LogP contribution is 2.19. The van der Waals surface area contributed by atoms with Crippen molar-refractivity contribution in [2.45, 2.75) is 6.92 Å². The second-order valence-electron chi connectivity index (χ2n) is 4.23. The molecular weight excluding hydrogens is 295 g/mol. The molecule has 0 unspecified atom stereocenters. The molecule has 0 bridgehead atoms. The quantitative estimate of drug-likeness (QED) is 0.674. The van der Waals surface area contributed by atoms with E-state index in [9.17, 15) is 4.79 Å². The monoisotopic (exact) mass is 306 g/mol. The van der Waals surface area contributed by atoms with Crippen LogP contribution in [-0.2, 0) is 0 Å². The standard InChI is InChI=1S/C15H12Cl2N2O/c1-10-3-2-4-11(7-10)15(20)19-18-9-12-5-6-13(16)8-14(12)17/h2-9H,1H3,(H,19,20)/b18-9-. The number of aryl methyl sites for hydroxylation is 1. The molecule has 0 saturated carbocycles. The van der Waals surface area contributed by atoms with Crippen molar-refractivity contribution in [2.24, 2.45) is 5.10 Å². The Kier molecular flexibility index (Phi) is 4.77. The molecule has 2 aromatic carbocycles. The third kappa shape index (κ3) is 3.83. The largest absolute Gasteiger partial charge is 0.271 e. The van der Waals surface area contributed by atoms with Gasteiger partial charge < -0.3 is 0 Å². The Labute approximate surface area is 127 Å². The summed E-state index contributed by atoms with van der Waals surface area (Å²) in [4.78, 5) is 11.8. The fourth-order valence-electron chi connectivity index (χ4n) is 1.62. The summed E-state index contributed by atoms with van der Waals surface area (Å²) in [5, 5.41) is 4.92. The number of amides is 1. The summed E-state index contributed by atoms with van der Waals surface area (Å²) in [5.41, 5.74) is 4.71. The lowest BCUT2D eigenvalue weighted by Gasteiger charge is -2.01. The molecule has 0 aliphatic rings. The van der Waals surface area contributed by atoms with Gasteiger partial charge in [0.05, 0.1) is 11.2 Å². The maximum absolute atomic E-state index is 11.8. The normalized spacial score (nSPS) is 10.8. The van der Waals surface area contributed by atoms with Gasteiger partial charge in [0.2, 0.25) is 0 Å². The molecule has 0 spiro atoms. The summed E-state index contributed by atoms with van der Waals surface area (Å²) in [6, 6.07) is 12.3. The van der Waals surface area contributed by atoms with Crippen molar-refractivity contribution >= 4 is 35.3 Å². The second-order valence-corrected chi connectivity index (χ2v) is 5.08. The molecule has 0 saturated heterocycles. The molecule has 5 heteroatoms. The van der Waals surface area contributed by atoms with Crippen LogP contribution in [0.2, 0.25) is 10.0 Å². The minimum Gasteiger partial charge on any atom is -0.267 e. The van der Waals surface area contributed by atoms with Crippen molar-refractivity contribution < 1.29 is 4.79 Å². The average Bonchev–Trinajstić information content (AvgIpc) is 2.41. The van der Waals surface area contributed by atoms with Gasteiger partial charge in [-0.15, -0.1) is 0 Å². The number of nitrogens with zero attached hydrogens (tertiary/aromatic N) is 1. The van der Waals surface area contributed by atoms with E-state index in [0.29, 0.717) is 21.2 Å². The van der Waals surface area contributed by atoms with Crippen molar-refractivity contribution in [1.82, 2.24) is 5.43 Å². The molecule has 1 amide bonds. The number of carbonyl (C=O) groups is 1. The Hall–Kier alpha value is -1.84. The number of benzene rings is 2. The smallest absolute Gasteiger partial charge is 0.267 e. The van der Waals surface area contributed by atoms with Crippen molar-refractivity contribution in [1.29, 1.82) is 0 Å². The lowest BCUT2D eigenvalue weighted by atomic mass is 10.1. The zero-order valence-electron chi connectivity index (χ0n) is 10.7. The Bertz CT molecular complexity index is 669. The van der Waals surface area contributed by atoms with Crippen LogP contribution in [0.1, 0.15) is 21.5 Å². The van der Waals surface area contributed by atoms with Gasteiger partial charge in [0, 0.05) is 16.1 Å². The van der Waals surface area contributed by atoms with Crippen LogP contribution in [0, 0.1) is 6.92 Å². The summed E-state index contributed by atoms with van der Waals surface area (Å²) in [7, 11) is 0. The summed E-state index contributed by atoms with van der Waals surface area (Å²) in [6.07, 6.45) is 1.48. The van der Waals surface area contributed by atoms with Gasteiger partial charge >= 0.3 is 0 Å². The van der Waals surface area contributed by atoms with Crippen LogP contribution in [-0.4, -0.2) is 12.1 Å². The Morgan fingerprint density at radius 3 is 2.70 bits per heavy atom. The topological polar surface area (TPSA) is 41.5 Å². The average molecular weight is 307 g/mol. The number of nitrogens with one attached hydrogen (secondary N) is 1. The van der Waals surface area contributed by atoms with E-state index in [-0.39, 0.29) is 5.91 Å². The molecule has 2 aromatic rings. The first kappa shape index (κ1) is 14.6. The minimum atomic E-state index is -0.268. The van der Waals surface area contributed by atoms with Crippen molar-refractivity contribution in [3.05, 3.63) is 69.2 Å². The SMILES string of the molecule is Cc1cccc(C(=O)N/N=C\c2ccc(Cl)cc2Cl)c1. The predicted octanol–water partition coefficient (Wildman–Crippen LogP) is 4.07. The molecule has 0 aliphatic carbocycles. The van der Waals surface area contributed by atoms with Crippen LogP contribution in [0.15, 0.2) is 47.6 Å². The number of halogens is 2. The summed E-state index contributed by atoms with van der Waals surface area (Å²) >= 11 is 11.8. The van der Waals surface area contributed by atoms with Crippen LogP contribution in [0.5, 0.6) is 0 Å². The van der Waals surface area contributed by atoms with Gasteiger partial charge in [0.15, 0.2) is 0 Å². The molecule has 2 rings (SSSR count). The predicted molar refractivity (Wildman–Crippen MR) is 82.7 cm³/mol. The maximum atomic E-state index is 11.8. The zero-order chi connectivity index (χ0) is 14.5. The van der Waals surface area contributed by atoms with E-state index in [1.54, 1.807) is 30.3 Å². The minimum absolute atomic E-state index is 0.268. The van der Waals surface area contributed by atoms with Gasteiger partial charge in [-0.05, 0) is 31.2 Å². The number of hydrazone groups is 1. The van der Waals surface area contributed by atoms with Crippen molar-refractivity contribution in [2.75, 3.05) is 0 Å². The summed E-state index contributed by atoms with van der Waals surface area (Å²) < 4.78 is 0. The molecular formula is C15H12Cl2N2O. The van der Waals surface area contributed by atoms with Gasteiger partial charge in [-0.25, -0.2) is 5.43 Å². The van der Waals surface area contributed by atoms with E-state index in [1.807, 2.05) is 19.1 Å². The van der Waals surface area contributed by atoms with E-state index < -0.39 is 0 Å². The van der Waals surface area contributed by atoms with E-state index in [2.05, 4.69) is 10.5 Å². The molecule has 0 heterocycles. The Morgan fingerprint density at radius 1 is 1.20 bits per heavy atom. The Morgan fingerprint density at radius 2 is 2.00 bits per heavy atom. The molecule has 102 valence electrons. The van der Waals surface area contributed by atoms with E-state index in [1.165, 1.54) is 6.21 Å². The lowest BCUT2D eigenvalue weighted by molar-refractivity contribution is 0.0955. The van der Waals surface area contributed by atoms with Gasteiger partial charge in [-0.1, -0.05) is 47.0 Å². The van der Waals surface area contributed by atoms with Gasteiger partial charge in [0.25, 0.3) is 5.91 Å². The molecule has 0 aliphatic heterocycles.